The summed E-state index contributed by atoms with van der Waals surface area (Å²) in [6.45, 7) is 1.64. The number of rotatable bonds is 4. The highest BCUT2D eigenvalue weighted by Gasteiger charge is 2.40. The predicted octanol–water partition coefficient (Wildman–Crippen LogP) is 2.43. The molecule has 0 amide bonds. The second-order valence-electron chi connectivity index (χ2n) is 4.56. The number of hydrogen-bond donors (Lipinski definition) is 0. The first kappa shape index (κ1) is 13.2. The Hall–Kier alpha value is -1.25. The van der Waals surface area contributed by atoms with Gasteiger partial charge < -0.3 is 14.4 Å². The van der Waals surface area contributed by atoms with E-state index < -0.39 is 0 Å². The van der Waals surface area contributed by atoms with E-state index in [1.54, 1.807) is 7.11 Å². The maximum Gasteiger partial charge on any atom is 0.142 e. The summed E-state index contributed by atoms with van der Waals surface area (Å²) in [5.41, 5.74) is 0.579. The van der Waals surface area contributed by atoms with Crippen molar-refractivity contribution in [1.82, 2.24) is 0 Å². The lowest BCUT2D eigenvalue weighted by atomic mass is 9.87. The molecule has 0 atom stereocenters. The minimum absolute atomic E-state index is 0.387. The van der Waals surface area contributed by atoms with Crippen molar-refractivity contribution in [3.05, 3.63) is 22.7 Å². The SMILES string of the molecule is COc1ccc(Br)cc1N(C)CC1(C#N)COC1. The van der Waals surface area contributed by atoms with Gasteiger partial charge in [-0.15, -0.1) is 0 Å². The van der Waals surface area contributed by atoms with E-state index in [9.17, 15) is 5.26 Å². The van der Waals surface area contributed by atoms with Crippen LogP contribution in [0, 0.1) is 16.7 Å². The third-order valence-electron chi connectivity index (χ3n) is 3.09. The Morgan fingerprint density at radius 2 is 2.28 bits per heavy atom. The fraction of sp³-hybridized carbons (Fsp3) is 0.462. The van der Waals surface area contributed by atoms with E-state index >= 15 is 0 Å². The lowest BCUT2D eigenvalue weighted by Gasteiger charge is -2.38. The van der Waals surface area contributed by atoms with E-state index in [1.165, 1.54) is 0 Å². The van der Waals surface area contributed by atoms with Crippen LogP contribution in [0.4, 0.5) is 5.69 Å². The van der Waals surface area contributed by atoms with Gasteiger partial charge in [-0.2, -0.15) is 5.26 Å². The number of benzene rings is 1. The highest BCUT2D eigenvalue weighted by molar-refractivity contribution is 9.10. The van der Waals surface area contributed by atoms with Crippen molar-refractivity contribution in [2.45, 2.75) is 0 Å². The summed E-state index contributed by atoms with van der Waals surface area (Å²) >= 11 is 3.45. The van der Waals surface area contributed by atoms with Crippen LogP contribution in [0.5, 0.6) is 5.75 Å². The summed E-state index contributed by atoms with van der Waals surface area (Å²) in [5, 5.41) is 9.22. The molecule has 5 heteroatoms. The number of ether oxygens (including phenoxy) is 2. The molecule has 0 unspecified atom stereocenters. The Bertz CT molecular complexity index is 480. The molecular weight excluding hydrogens is 296 g/mol. The Morgan fingerprint density at radius 1 is 1.56 bits per heavy atom. The zero-order chi connectivity index (χ0) is 13.2. The largest absolute Gasteiger partial charge is 0.495 e. The van der Waals surface area contributed by atoms with Crippen LogP contribution in [-0.4, -0.2) is 33.9 Å². The number of halogens is 1. The van der Waals surface area contributed by atoms with Crippen molar-refractivity contribution in [2.24, 2.45) is 5.41 Å². The van der Waals surface area contributed by atoms with Gasteiger partial charge >= 0.3 is 0 Å². The molecule has 1 fully saturated rings. The van der Waals surface area contributed by atoms with E-state index in [2.05, 4.69) is 22.0 Å². The molecule has 0 radical (unpaired) electrons. The number of anilines is 1. The highest BCUT2D eigenvalue weighted by Crippen LogP contribution is 2.34. The van der Waals surface area contributed by atoms with Gasteiger partial charge in [-0.1, -0.05) is 15.9 Å². The predicted molar refractivity (Wildman–Crippen MR) is 72.8 cm³/mol. The summed E-state index contributed by atoms with van der Waals surface area (Å²) in [4.78, 5) is 2.04. The lowest BCUT2D eigenvalue weighted by molar-refractivity contribution is -0.0716. The van der Waals surface area contributed by atoms with E-state index in [4.69, 9.17) is 9.47 Å². The van der Waals surface area contributed by atoms with Gasteiger partial charge in [0, 0.05) is 18.1 Å². The van der Waals surface area contributed by atoms with Gasteiger partial charge in [0.05, 0.1) is 32.1 Å². The standard InChI is InChI=1S/C13H15BrN2O2/c1-16(7-13(6-15)8-18-9-13)11-5-10(14)3-4-12(11)17-2/h3-5H,7-9H2,1-2H3. The first-order valence-corrected chi connectivity index (χ1v) is 6.43. The summed E-state index contributed by atoms with van der Waals surface area (Å²) < 4.78 is 11.5. The van der Waals surface area contributed by atoms with Gasteiger partial charge in [-0.05, 0) is 18.2 Å². The Kier molecular flexibility index (Phi) is 3.79. The van der Waals surface area contributed by atoms with Crippen LogP contribution in [0.2, 0.25) is 0 Å². The molecule has 1 aliphatic rings. The van der Waals surface area contributed by atoms with Crippen LogP contribution in [0.1, 0.15) is 0 Å². The fourth-order valence-electron chi connectivity index (χ4n) is 2.04. The molecule has 0 saturated carbocycles. The Morgan fingerprint density at radius 3 is 2.78 bits per heavy atom. The summed E-state index contributed by atoms with van der Waals surface area (Å²) in [6.07, 6.45) is 0. The second kappa shape index (κ2) is 5.17. The molecule has 1 aromatic rings. The van der Waals surface area contributed by atoms with Crippen LogP contribution in [0.3, 0.4) is 0 Å². The molecular formula is C13H15BrN2O2. The fourth-order valence-corrected chi connectivity index (χ4v) is 2.39. The van der Waals surface area contributed by atoms with E-state index in [0.29, 0.717) is 19.8 Å². The first-order chi connectivity index (χ1) is 8.60. The highest BCUT2D eigenvalue weighted by atomic mass is 79.9. The van der Waals surface area contributed by atoms with E-state index in [1.807, 2.05) is 30.1 Å². The molecule has 18 heavy (non-hydrogen) atoms. The second-order valence-corrected chi connectivity index (χ2v) is 5.47. The Balaban J connectivity index is 2.20. The van der Waals surface area contributed by atoms with Crippen molar-refractivity contribution in [3.63, 3.8) is 0 Å². The summed E-state index contributed by atoms with van der Waals surface area (Å²) in [5.74, 6) is 0.800. The van der Waals surface area contributed by atoms with Crippen LogP contribution in [0.25, 0.3) is 0 Å². The van der Waals surface area contributed by atoms with Gasteiger partial charge in [0.15, 0.2) is 0 Å². The van der Waals surface area contributed by atoms with Gasteiger partial charge in [0.25, 0.3) is 0 Å². The summed E-state index contributed by atoms with van der Waals surface area (Å²) in [7, 11) is 3.61. The zero-order valence-electron chi connectivity index (χ0n) is 10.4. The third kappa shape index (κ3) is 2.45. The average Bonchev–Trinajstić information content (AvgIpc) is 2.33. The molecule has 2 rings (SSSR count). The van der Waals surface area contributed by atoms with E-state index in [0.717, 1.165) is 15.9 Å². The number of methoxy groups -OCH3 is 1. The molecule has 96 valence electrons. The van der Waals surface area contributed by atoms with Gasteiger partial charge in [-0.25, -0.2) is 0 Å². The van der Waals surface area contributed by atoms with Crippen LogP contribution in [-0.2, 0) is 4.74 Å². The quantitative estimate of drug-likeness (QED) is 0.857. The van der Waals surface area contributed by atoms with Crippen LogP contribution < -0.4 is 9.64 Å². The topological polar surface area (TPSA) is 45.5 Å². The van der Waals surface area contributed by atoms with Crippen molar-refractivity contribution in [2.75, 3.05) is 38.8 Å². The molecule has 1 heterocycles. The van der Waals surface area contributed by atoms with Crippen molar-refractivity contribution in [3.8, 4) is 11.8 Å². The molecule has 0 aliphatic carbocycles. The van der Waals surface area contributed by atoms with E-state index in [-0.39, 0.29) is 5.41 Å². The molecule has 1 aliphatic heterocycles. The van der Waals surface area contributed by atoms with Crippen LogP contribution >= 0.6 is 15.9 Å². The molecule has 1 saturated heterocycles. The minimum atomic E-state index is -0.387. The van der Waals surface area contributed by atoms with Crippen molar-refractivity contribution < 1.29 is 9.47 Å². The molecule has 0 N–H and O–H groups in total. The number of nitrogens with zero attached hydrogens (tertiary/aromatic N) is 2. The van der Waals surface area contributed by atoms with Gasteiger partial charge in [0.1, 0.15) is 11.2 Å². The van der Waals surface area contributed by atoms with Crippen LogP contribution in [0.15, 0.2) is 22.7 Å². The average molecular weight is 311 g/mol. The summed E-state index contributed by atoms with van der Waals surface area (Å²) in [6, 6.07) is 8.18. The van der Waals surface area contributed by atoms with Crippen molar-refractivity contribution in [1.29, 1.82) is 5.26 Å². The van der Waals surface area contributed by atoms with Crippen molar-refractivity contribution >= 4 is 21.6 Å². The first-order valence-electron chi connectivity index (χ1n) is 5.64. The normalized spacial score (nSPS) is 16.6. The molecule has 0 spiro atoms. The maximum absolute atomic E-state index is 9.22. The molecule has 0 aromatic heterocycles. The molecule has 4 nitrogen and oxygen atoms in total. The number of nitriles is 1. The molecule has 0 bridgehead atoms. The molecule has 1 aromatic carbocycles. The Labute approximate surface area is 115 Å². The lowest BCUT2D eigenvalue weighted by Crippen LogP contribution is -2.49. The van der Waals surface area contributed by atoms with Gasteiger partial charge in [-0.3, -0.25) is 0 Å². The smallest absolute Gasteiger partial charge is 0.142 e. The minimum Gasteiger partial charge on any atom is -0.495 e. The third-order valence-corrected chi connectivity index (χ3v) is 3.58. The monoisotopic (exact) mass is 310 g/mol. The zero-order valence-corrected chi connectivity index (χ0v) is 12.0. The van der Waals surface area contributed by atoms with Gasteiger partial charge in [0.2, 0.25) is 0 Å². The maximum atomic E-state index is 9.22. The number of hydrogen-bond acceptors (Lipinski definition) is 4.